The summed E-state index contributed by atoms with van der Waals surface area (Å²) in [6.45, 7) is 1.36. The molecule has 0 radical (unpaired) electrons. The first-order valence-electron chi connectivity index (χ1n) is 6.93. The summed E-state index contributed by atoms with van der Waals surface area (Å²) in [7, 11) is 0. The normalized spacial score (nSPS) is 25.4. The number of nitrogens with zero attached hydrogens (tertiary/aromatic N) is 1. The van der Waals surface area contributed by atoms with Gasteiger partial charge >= 0.3 is 5.97 Å². The van der Waals surface area contributed by atoms with Crippen molar-refractivity contribution in [2.24, 2.45) is 0 Å². The molecular formula is C13H22N2O3. The van der Waals surface area contributed by atoms with Crippen molar-refractivity contribution in [3.63, 3.8) is 0 Å². The highest BCUT2D eigenvalue weighted by molar-refractivity contribution is 5.77. The van der Waals surface area contributed by atoms with Gasteiger partial charge in [-0.25, -0.2) is 0 Å². The van der Waals surface area contributed by atoms with Crippen molar-refractivity contribution in [3.05, 3.63) is 0 Å². The molecule has 1 amide bonds. The van der Waals surface area contributed by atoms with Crippen molar-refractivity contribution < 1.29 is 14.7 Å². The van der Waals surface area contributed by atoms with E-state index < -0.39 is 5.97 Å². The highest BCUT2D eigenvalue weighted by Gasteiger charge is 2.30. The molecule has 102 valence electrons. The zero-order valence-corrected chi connectivity index (χ0v) is 10.7. The van der Waals surface area contributed by atoms with Gasteiger partial charge in [0, 0.05) is 19.0 Å². The summed E-state index contributed by atoms with van der Waals surface area (Å²) in [5.74, 6) is -0.693. The summed E-state index contributed by atoms with van der Waals surface area (Å²) in [6.07, 6.45) is 6.64. The van der Waals surface area contributed by atoms with Gasteiger partial charge in [-0.2, -0.15) is 0 Å². The SMILES string of the molecule is O=C(CCN1CCC[C@H]1C(=O)O)NC1CCCC1. The number of aliphatic carboxylic acids is 1. The second-order valence-corrected chi connectivity index (χ2v) is 5.33. The highest BCUT2D eigenvalue weighted by Crippen LogP contribution is 2.19. The van der Waals surface area contributed by atoms with Crippen LogP contribution < -0.4 is 5.32 Å². The molecule has 0 aromatic rings. The predicted octanol–water partition coefficient (Wildman–Crippen LogP) is 0.984. The van der Waals surface area contributed by atoms with Crippen LogP contribution in [-0.2, 0) is 9.59 Å². The van der Waals surface area contributed by atoms with E-state index in [0.29, 0.717) is 25.4 Å². The Morgan fingerprint density at radius 2 is 1.89 bits per heavy atom. The number of hydrogen-bond acceptors (Lipinski definition) is 3. The third-order valence-corrected chi connectivity index (χ3v) is 4.00. The first kappa shape index (κ1) is 13.3. The molecule has 1 aliphatic carbocycles. The lowest BCUT2D eigenvalue weighted by Gasteiger charge is -2.21. The fraction of sp³-hybridized carbons (Fsp3) is 0.846. The fourth-order valence-electron chi connectivity index (χ4n) is 2.99. The summed E-state index contributed by atoms with van der Waals surface area (Å²) >= 11 is 0. The molecule has 0 spiro atoms. The predicted molar refractivity (Wildman–Crippen MR) is 67.2 cm³/mol. The Balaban J connectivity index is 1.70. The van der Waals surface area contributed by atoms with Crippen molar-refractivity contribution in [3.8, 4) is 0 Å². The second kappa shape index (κ2) is 6.18. The standard InChI is InChI=1S/C13H22N2O3/c16-12(14-10-4-1-2-5-10)7-9-15-8-3-6-11(15)13(17)18/h10-11H,1-9H2,(H,14,16)(H,17,18)/t11-/m0/s1. The van der Waals surface area contributed by atoms with Crippen molar-refractivity contribution in [1.29, 1.82) is 0 Å². The molecule has 2 fully saturated rings. The Hall–Kier alpha value is -1.10. The van der Waals surface area contributed by atoms with Gasteiger partial charge in [0.15, 0.2) is 0 Å². The maximum absolute atomic E-state index is 11.7. The molecule has 0 aromatic carbocycles. The Bertz CT molecular complexity index is 313. The number of carboxylic acid groups (broad SMARTS) is 1. The van der Waals surface area contributed by atoms with Gasteiger partial charge in [-0.3, -0.25) is 14.5 Å². The van der Waals surface area contributed by atoms with Gasteiger partial charge in [0.25, 0.3) is 0 Å². The molecule has 1 heterocycles. The van der Waals surface area contributed by atoms with Gasteiger partial charge in [0.05, 0.1) is 0 Å². The quantitative estimate of drug-likeness (QED) is 0.767. The number of nitrogens with one attached hydrogen (secondary N) is 1. The van der Waals surface area contributed by atoms with Crippen LogP contribution in [-0.4, -0.2) is 47.1 Å². The topological polar surface area (TPSA) is 69.6 Å². The van der Waals surface area contributed by atoms with E-state index >= 15 is 0 Å². The first-order chi connectivity index (χ1) is 8.66. The molecular weight excluding hydrogens is 232 g/mol. The molecule has 2 N–H and O–H groups in total. The van der Waals surface area contributed by atoms with Crippen molar-refractivity contribution in [1.82, 2.24) is 10.2 Å². The summed E-state index contributed by atoms with van der Waals surface area (Å²) in [5, 5.41) is 12.1. The summed E-state index contributed by atoms with van der Waals surface area (Å²) in [6, 6.07) is -0.0318. The molecule has 0 unspecified atom stereocenters. The van der Waals surface area contributed by atoms with E-state index in [1.54, 1.807) is 0 Å². The third kappa shape index (κ3) is 3.45. The van der Waals surface area contributed by atoms with Gasteiger partial charge in [0.1, 0.15) is 6.04 Å². The van der Waals surface area contributed by atoms with E-state index in [1.807, 2.05) is 4.90 Å². The molecule has 1 saturated carbocycles. The van der Waals surface area contributed by atoms with E-state index in [4.69, 9.17) is 5.11 Å². The molecule has 2 rings (SSSR count). The summed E-state index contributed by atoms with van der Waals surface area (Å²) < 4.78 is 0. The van der Waals surface area contributed by atoms with Crippen molar-refractivity contribution >= 4 is 11.9 Å². The molecule has 18 heavy (non-hydrogen) atoms. The minimum Gasteiger partial charge on any atom is -0.480 e. The molecule has 1 aliphatic heterocycles. The van der Waals surface area contributed by atoms with Gasteiger partial charge in [-0.15, -0.1) is 0 Å². The molecule has 0 bridgehead atoms. The number of carbonyl (C=O) groups is 2. The van der Waals surface area contributed by atoms with Crippen molar-refractivity contribution in [2.75, 3.05) is 13.1 Å². The zero-order chi connectivity index (χ0) is 13.0. The fourth-order valence-corrected chi connectivity index (χ4v) is 2.99. The minimum atomic E-state index is -0.760. The Kier molecular flexibility index (Phi) is 4.58. The van der Waals surface area contributed by atoms with Gasteiger partial charge in [-0.1, -0.05) is 12.8 Å². The molecule has 0 aromatic heterocycles. The number of likely N-dealkylation sites (tertiary alicyclic amines) is 1. The Labute approximate surface area is 108 Å². The van der Waals surface area contributed by atoms with Crippen LogP contribution in [0.1, 0.15) is 44.9 Å². The third-order valence-electron chi connectivity index (χ3n) is 4.00. The molecule has 5 nitrogen and oxygen atoms in total. The summed E-state index contributed by atoms with van der Waals surface area (Å²) in [5.41, 5.74) is 0. The molecule has 2 aliphatic rings. The number of rotatable bonds is 5. The zero-order valence-electron chi connectivity index (χ0n) is 10.7. The lowest BCUT2D eigenvalue weighted by atomic mass is 10.2. The van der Waals surface area contributed by atoms with Crippen LogP contribution >= 0.6 is 0 Å². The van der Waals surface area contributed by atoms with Crippen LogP contribution in [0.4, 0.5) is 0 Å². The van der Waals surface area contributed by atoms with Crippen LogP contribution in [0.15, 0.2) is 0 Å². The lowest BCUT2D eigenvalue weighted by Crippen LogP contribution is -2.40. The van der Waals surface area contributed by atoms with E-state index in [2.05, 4.69) is 5.32 Å². The van der Waals surface area contributed by atoms with Gasteiger partial charge in [-0.05, 0) is 32.2 Å². The monoisotopic (exact) mass is 254 g/mol. The lowest BCUT2D eigenvalue weighted by molar-refractivity contribution is -0.142. The van der Waals surface area contributed by atoms with E-state index in [0.717, 1.165) is 25.8 Å². The highest BCUT2D eigenvalue weighted by atomic mass is 16.4. The van der Waals surface area contributed by atoms with Gasteiger partial charge < -0.3 is 10.4 Å². The first-order valence-corrected chi connectivity index (χ1v) is 6.93. The molecule has 1 saturated heterocycles. The maximum Gasteiger partial charge on any atom is 0.320 e. The number of carbonyl (C=O) groups excluding carboxylic acids is 1. The van der Waals surface area contributed by atoms with Crippen LogP contribution in [0.2, 0.25) is 0 Å². The average molecular weight is 254 g/mol. The van der Waals surface area contributed by atoms with Crippen molar-refractivity contribution in [2.45, 2.75) is 57.0 Å². The van der Waals surface area contributed by atoms with Crippen LogP contribution in [0.3, 0.4) is 0 Å². The number of amides is 1. The molecule has 1 atom stereocenters. The minimum absolute atomic E-state index is 0.0675. The van der Waals surface area contributed by atoms with Gasteiger partial charge in [0.2, 0.25) is 5.91 Å². The number of hydrogen-bond donors (Lipinski definition) is 2. The average Bonchev–Trinajstić information content (AvgIpc) is 2.96. The van der Waals surface area contributed by atoms with Crippen LogP contribution in [0.25, 0.3) is 0 Å². The van der Waals surface area contributed by atoms with E-state index in [9.17, 15) is 9.59 Å². The van der Waals surface area contributed by atoms with E-state index in [-0.39, 0.29) is 11.9 Å². The van der Waals surface area contributed by atoms with Crippen LogP contribution in [0.5, 0.6) is 0 Å². The number of carboxylic acids is 1. The van der Waals surface area contributed by atoms with E-state index in [1.165, 1.54) is 12.8 Å². The Morgan fingerprint density at radius 3 is 2.56 bits per heavy atom. The molecule has 5 heteroatoms. The summed E-state index contributed by atoms with van der Waals surface area (Å²) in [4.78, 5) is 24.7. The second-order valence-electron chi connectivity index (χ2n) is 5.33. The largest absolute Gasteiger partial charge is 0.480 e. The van der Waals surface area contributed by atoms with Crippen LogP contribution in [0, 0.1) is 0 Å². The maximum atomic E-state index is 11.7. The Morgan fingerprint density at radius 1 is 1.17 bits per heavy atom. The smallest absolute Gasteiger partial charge is 0.320 e.